The van der Waals surface area contributed by atoms with E-state index in [0.717, 1.165) is 24.8 Å². The summed E-state index contributed by atoms with van der Waals surface area (Å²) in [5.41, 5.74) is -0.127. The molecule has 1 saturated heterocycles. The van der Waals surface area contributed by atoms with Crippen LogP contribution in [-0.4, -0.2) is 30.1 Å². The molecule has 0 saturated carbocycles. The molecule has 0 spiro atoms. The van der Waals surface area contributed by atoms with Gasteiger partial charge in [-0.05, 0) is 37.3 Å². The fourth-order valence-corrected chi connectivity index (χ4v) is 2.89. The number of nitrogens with one attached hydrogen (secondary N) is 1. The van der Waals surface area contributed by atoms with Crippen molar-refractivity contribution in [1.29, 1.82) is 0 Å². The van der Waals surface area contributed by atoms with Crippen LogP contribution in [0.15, 0.2) is 35.1 Å². The lowest BCUT2D eigenvalue weighted by molar-refractivity contribution is -0.144. The van der Waals surface area contributed by atoms with Crippen LogP contribution in [0.2, 0.25) is 0 Å². The average molecular weight is 286 g/mol. The third-order valence-corrected chi connectivity index (χ3v) is 3.86. The number of esters is 1. The number of anilines is 1. The summed E-state index contributed by atoms with van der Waals surface area (Å²) in [6, 6.07) is 9.07. The first kappa shape index (κ1) is 13.7. The molecule has 110 valence electrons. The lowest BCUT2D eigenvalue weighted by atomic mass is 10.1. The van der Waals surface area contributed by atoms with E-state index in [4.69, 9.17) is 4.74 Å². The number of pyridine rings is 1. The van der Waals surface area contributed by atoms with Crippen molar-refractivity contribution >= 4 is 22.6 Å². The van der Waals surface area contributed by atoms with Crippen molar-refractivity contribution in [2.45, 2.75) is 25.8 Å². The standard InChI is InChI=1S/C16H18N2O3/c1-2-21-16(20)13-8-5-9-18(13)14-10-11-6-3-4-7-12(11)15(19)17-14/h3-4,6-7,10,13H,2,5,8-9H2,1H3,(H,17,19). The molecule has 1 aromatic carbocycles. The Morgan fingerprint density at radius 2 is 2.24 bits per heavy atom. The van der Waals surface area contributed by atoms with Crippen molar-refractivity contribution in [3.8, 4) is 0 Å². The van der Waals surface area contributed by atoms with E-state index in [1.807, 2.05) is 29.2 Å². The van der Waals surface area contributed by atoms with Gasteiger partial charge >= 0.3 is 5.97 Å². The zero-order valence-corrected chi connectivity index (χ0v) is 12.0. The second-order valence-electron chi connectivity index (χ2n) is 5.17. The molecule has 0 aliphatic carbocycles. The summed E-state index contributed by atoms with van der Waals surface area (Å²) in [4.78, 5) is 29.0. The van der Waals surface area contributed by atoms with E-state index in [9.17, 15) is 9.59 Å². The number of hydrogen-bond donors (Lipinski definition) is 1. The van der Waals surface area contributed by atoms with Crippen LogP contribution >= 0.6 is 0 Å². The molecule has 1 aromatic heterocycles. The van der Waals surface area contributed by atoms with Crippen molar-refractivity contribution in [3.63, 3.8) is 0 Å². The summed E-state index contributed by atoms with van der Waals surface area (Å²) in [5, 5.41) is 1.54. The first-order valence-electron chi connectivity index (χ1n) is 7.26. The van der Waals surface area contributed by atoms with Gasteiger partial charge in [-0.1, -0.05) is 18.2 Å². The maximum absolute atomic E-state index is 12.2. The van der Waals surface area contributed by atoms with E-state index >= 15 is 0 Å². The maximum Gasteiger partial charge on any atom is 0.328 e. The Kier molecular flexibility index (Phi) is 3.64. The minimum atomic E-state index is -0.304. The molecule has 0 bridgehead atoms. The summed E-state index contributed by atoms with van der Waals surface area (Å²) in [5.74, 6) is 0.471. The summed E-state index contributed by atoms with van der Waals surface area (Å²) in [6.07, 6.45) is 1.67. The summed E-state index contributed by atoms with van der Waals surface area (Å²) < 4.78 is 5.12. The summed E-state index contributed by atoms with van der Waals surface area (Å²) in [7, 11) is 0. The van der Waals surface area contributed by atoms with Crippen LogP contribution in [0.4, 0.5) is 5.82 Å². The molecule has 0 radical (unpaired) electrons. The molecular weight excluding hydrogens is 268 g/mol. The van der Waals surface area contributed by atoms with Gasteiger partial charge in [0.1, 0.15) is 11.9 Å². The largest absolute Gasteiger partial charge is 0.464 e. The highest BCUT2D eigenvalue weighted by atomic mass is 16.5. The van der Waals surface area contributed by atoms with E-state index in [0.29, 0.717) is 17.8 Å². The fraction of sp³-hybridized carbons (Fsp3) is 0.375. The SMILES string of the molecule is CCOC(=O)C1CCCN1c1cc2ccccc2c(=O)[nH]1. The van der Waals surface area contributed by atoms with Gasteiger partial charge in [0.15, 0.2) is 0 Å². The molecule has 1 aliphatic rings. The Morgan fingerprint density at radius 1 is 1.43 bits per heavy atom. The van der Waals surface area contributed by atoms with Gasteiger partial charge in [0.25, 0.3) is 5.56 Å². The molecule has 3 rings (SSSR count). The zero-order chi connectivity index (χ0) is 14.8. The van der Waals surface area contributed by atoms with Crippen LogP contribution in [0.3, 0.4) is 0 Å². The molecule has 2 aromatic rings. The van der Waals surface area contributed by atoms with Crippen LogP contribution in [-0.2, 0) is 9.53 Å². The highest BCUT2D eigenvalue weighted by Gasteiger charge is 2.32. The molecule has 1 aliphatic heterocycles. The molecule has 1 atom stereocenters. The number of nitrogens with zero attached hydrogens (tertiary/aromatic N) is 1. The minimum absolute atomic E-state index is 0.127. The van der Waals surface area contributed by atoms with Crippen molar-refractivity contribution in [3.05, 3.63) is 40.7 Å². The van der Waals surface area contributed by atoms with E-state index in [1.165, 1.54) is 0 Å². The van der Waals surface area contributed by atoms with E-state index in [2.05, 4.69) is 4.98 Å². The van der Waals surface area contributed by atoms with Crippen LogP contribution < -0.4 is 10.5 Å². The third kappa shape index (κ3) is 2.51. The molecule has 5 heteroatoms. The normalized spacial score (nSPS) is 18.1. The van der Waals surface area contributed by atoms with Crippen LogP contribution in [0.5, 0.6) is 0 Å². The van der Waals surface area contributed by atoms with Crippen molar-refractivity contribution in [1.82, 2.24) is 4.98 Å². The highest BCUT2D eigenvalue weighted by Crippen LogP contribution is 2.26. The van der Waals surface area contributed by atoms with Crippen molar-refractivity contribution < 1.29 is 9.53 Å². The predicted octanol–water partition coefficient (Wildman–Crippen LogP) is 2.06. The summed E-state index contributed by atoms with van der Waals surface area (Å²) in [6.45, 7) is 2.92. The number of carbonyl (C=O) groups excluding carboxylic acids is 1. The number of rotatable bonds is 3. The van der Waals surface area contributed by atoms with Gasteiger partial charge in [0.2, 0.25) is 0 Å². The number of carbonyl (C=O) groups is 1. The molecule has 21 heavy (non-hydrogen) atoms. The number of H-pyrrole nitrogens is 1. The second kappa shape index (κ2) is 5.60. The minimum Gasteiger partial charge on any atom is -0.464 e. The monoisotopic (exact) mass is 286 g/mol. The lowest BCUT2D eigenvalue weighted by Gasteiger charge is -2.24. The van der Waals surface area contributed by atoms with Crippen LogP contribution in [0, 0.1) is 0 Å². The molecule has 1 N–H and O–H groups in total. The third-order valence-electron chi connectivity index (χ3n) is 3.86. The second-order valence-corrected chi connectivity index (χ2v) is 5.17. The highest BCUT2D eigenvalue weighted by molar-refractivity contribution is 5.85. The quantitative estimate of drug-likeness (QED) is 0.877. The lowest BCUT2D eigenvalue weighted by Crippen LogP contribution is -2.38. The number of fused-ring (bicyclic) bond motifs is 1. The number of hydrogen-bond acceptors (Lipinski definition) is 4. The molecule has 0 amide bonds. The van der Waals surface area contributed by atoms with E-state index in [1.54, 1.807) is 13.0 Å². The molecule has 2 heterocycles. The Labute approximate surface area is 122 Å². The number of benzene rings is 1. The van der Waals surface area contributed by atoms with Gasteiger partial charge < -0.3 is 14.6 Å². The van der Waals surface area contributed by atoms with Gasteiger partial charge in [-0.15, -0.1) is 0 Å². The van der Waals surface area contributed by atoms with Gasteiger partial charge in [-0.25, -0.2) is 4.79 Å². The van der Waals surface area contributed by atoms with Crippen molar-refractivity contribution in [2.75, 3.05) is 18.1 Å². The first-order chi connectivity index (χ1) is 10.2. The number of aromatic amines is 1. The van der Waals surface area contributed by atoms with Gasteiger partial charge in [-0.3, -0.25) is 4.79 Å². The smallest absolute Gasteiger partial charge is 0.328 e. The van der Waals surface area contributed by atoms with Gasteiger partial charge in [-0.2, -0.15) is 0 Å². The molecule has 1 unspecified atom stereocenters. The van der Waals surface area contributed by atoms with E-state index < -0.39 is 0 Å². The maximum atomic E-state index is 12.2. The van der Waals surface area contributed by atoms with Gasteiger partial charge in [0, 0.05) is 11.9 Å². The Morgan fingerprint density at radius 3 is 3.05 bits per heavy atom. The van der Waals surface area contributed by atoms with Crippen molar-refractivity contribution in [2.24, 2.45) is 0 Å². The average Bonchev–Trinajstić information content (AvgIpc) is 2.97. The van der Waals surface area contributed by atoms with Gasteiger partial charge in [0.05, 0.1) is 6.61 Å². The predicted molar refractivity (Wildman–Crippen MR) is 81.6 cm³/mol. The Hall–Kier alpha value is -2.30. The fourth-order valence-electron chi connectivity index (χ4n) is 2.89. The Bertz CT molecular complexity index is 723. The molecular formula is C16H18N2O3. The number of aromatic nitrogens is 1. The molecule has 5 nitrogen and oxygen atoms in total. The van der Waals surface area contributed by atoms with Crippen LogP contribution in [0.1, 0.15) is 19.8 Å². The van der Waals surface area contributed by atoms with E-state index in [-0.39, 0.29) is 17.6 Å². The number of ether oxygens (including phenoxy) is 1. The first-order valence-corrected chi connectivity index (χ1v) is 7.26. The summed E-state index contributed by atoms with van der Waals surface area (Å²) >= 11 is 0. The topological polar surface area (TPSA) is 62.4 Å². The zero-order valence-electron chi connectivity index (χ0n) is 12.0. The Balaban J connectivity index is 1.99. The molecule has 1 fully saturated rings. The van der Waals surface area contributed by atoms with Crippen LogP contribution in [0.25, 0.3) is 10.8 Å².